The Balaban J connectivity index is 1.55. The maximum atomic E-state index is 5.72. The average Bonchev–Trinajstić information content (AvgIpc) is 2.99. The molecule has 1 aliphatic heterocycles. The molecule has 3 atom stereocenters. The smallest absolute Gasteiger partial charge is 0.137 e. The molecule has 1 aromatic heterocycles. The van der Waals surface area contributed by atoms with Crippen molar-refractivity contribution in [3.05, 3.63) is 23.5 Å². The van der Waals surface area contributed by atoms with Gasteiger partial charge >= 0.3 is 0 Å². The fraction of sp³-hybridized carbons (Fsp3) is 0.583. The van der Waals surface area contributed by atoms with Gasteiger partial charge in [0.25, 0.3) is 0 Å². The van der Waals surface area contributed by atoms with Crippen LogP contribution in [0, 0.1) is 5.92 Å². The van der Waals surface area contributed by atoms with E-state index < -0.39 is 0 Å². The topological polar surface area (TPSA) is 25.4 Å². The van der Waals surface area contributed by atoms with Gasteiger partial charge in [-0.2, -0.15) is 0 Å². The third kappa shape index (κ3) is 1.89. The Hall–Kier alpha value is -0.800. The number of hydrogen-bond donors (Lipinski definition) is 0. The van der Waals surface area contributed by atoms with Crippen LogP contribution in [0.2, 0.25) is 5.15 Å². The summed E-state index contributed by atoms with van der Waals surface area (Å²) in [6.07, 6.45) is 4.34. The number of hydrogen-bond acceptors (Lipinski definition) is 3. The van der Waals surface area contributed by atoms with Crippen molar-refractivity contribution in [2.45, 2.75) is 24.9 Å². The van der Waals surface area contributed by atoms with Gasteiger partial charge in [0.2, 0.25) is 0 Å². The Morgan fingerprint density at radius 1 is 1.50 bits per heavy atom. The molecule has 1 saturated heterocycles. The largest absolute Gasteiger partial charge is 0.490 e. The summed E-state index contributed by atoms with van der Waals surface area (Å²) in [5, 5.41) is 0.506. The molecule has 0 amide bonds. The first-order chi connectivity index (χ1) is 7.74. The van der Waals surface area contributed by atoms with Crippen LogP contribution < -0.4 is 4.74 Å². The van der Waals surface area contributed by atoms with Crippen LogP contribution in [0.1, 0.15) is 12.8 Å². The molecule has 0 spiro atoms. The highest BCUT2D eigenvalue weighted by atomic mass is 35.5. The highest BCUT2D eigenvalue weighted by Crippen LogP contribution is 2.46. The first kappa shape index (κ1) is 10.4. The second-order valence-corrected chi connectivity index (χ2v) is 5.13. The zero-order valence-electron chi connectivity index (χ0n) is 9.27. The van der Waals surface area contributed by atoms with Gasteiger partial charge in [0.1, 0.15) is 17.5 Å². The first-order valence-corrected chi connectivity index (χ1v) is 6.08. The number of nitrogens with zero attached hydrogens (tertiary/aromatic N) is 2. The van der Waals surface area contributed by atoms with Crippen molar-refractivity contribution in [3.8, 4) is 5.75 Å². The second kappa shape index (κ2) is 3.90. The molecule has 2 aliphatic rings. The van der Waals surface area contributed by atoms with Crippen molar-refractivity contribution in [3.63, 3.8) is 0 Å². The summed E-state index contributed by atoms with van der Waals surface area (Å²) in [5.74, 6) is 1.74. The molecule has 0 aromatic carbocycles. The fourth-order valence-corrected chi connectivity index (χ4v) is 2.71. The number of pyridine rings is 1. The van der Waals surface area contributed by atoms with Gasteiger partial charge in [0.05, 0.1) is 6.20 Å². The predicted octanol–water partition coefficient (Wildman–Crippen LogP) is 2.21. The van der Waals surface area contributed by atoms with Gasteiger partial charge in [0, 0.05) is 12.1 Å². The van der Waals surface area contributed by atoms with E-state index in [1.807, 2.05) is 6.07 Å². The molecule has 0 unspecified atom stereocenters. The third-order valence-electron chi connectivity index (χ3n) is 3.70. The summed E-state index contributed by atoms with van der Waals surface area (Å²) in [6, 6.07) is 5.02. The molecule has 16 heavy (non-hydrogen) atoms. The minimum absolute atomic E-state index is 0.506. The van der Waals surface area contributed by atoms with Crippen molar-refractivity contribution in [1.82, 2.24) is 9.88 Å². The summed E-state index contributed by atoms with van der Waals surface area (Å²) in [4.78, 5) is 6.45. The van der Waals surface area contributed by atoms with Crippen LogP contribution in [0.15, 0.2) is 18.3 Å². The van der Waals surface area contributed by atoms with Crippen LogP contribution in [0.3, 0.4) is 0 Å². The molecular formula is C12H15ClN2O. The Morgan fingerprint density at radius 3 is 3.00 bits per heavy atom. The van der Waals surface area contributed by atoms with E-state index in [9.17, 15) is 0 Å². The number of likely N-dealkylation sites (tertiary alicyclic amines) is 1. The number of ether oxygens (including phenoxy) is 1. The summed E-state index contributed by atoms with van der Waals surface area (Å²) in [6.45, 7) is 0.757. The fourth-order valence-electron chi connectivity index (χ4n) is 2.60. The molecule has 1 aliphatic carbocycles. The van der Waals surface area contributed by atoms with Crippen LogP contribution in [0.5, 0.6) is 5.75 Å². The lowest BCUT2D eigenvalue weighted by Crippen LogP contribution is -2.33. The predicted molar refractivity (Wildman–Crippen MR) is 62.8 cm³/mol. The molecule has 0 bridgehead atoms. The molecule has 0 N–H and O–H groups in total. The Kier molecular flexibility index (Phi) is 2.52. The van der Waals surface area contributed by atoms with Gasteiger partial charge in [-0.1, -0.05) is 11.6 Å². The van der Waals surface area contributed by atoms with E-state index >= 15 is 0 Å². The summed E-state index contributed by atoms with van der Waals surface area (Å²) < 4.78 is 5.72. The number of piperidine rings is 1. The summed E-state index contributed by atoms with van der Waals surface area (Å²) in [7, 11) is 2.20. The van der Waals surface area contributed by atoms with Crippen molar-refractivity contribution in [1.29, 1.82) is 0 Å². The average molecular weight is 239 g/mol. The molecule has 0 radical (unpaired) electrons. The molecular weight excluding hydrogens is 224 g/mol. The first-order valence-electron chi connectivity index (χ1n) is 5.70. The number of fused-ring (bicyclic) bond motifs is 1. The van der Waals surface area contributed by atoms with E-state index in [1.54, 1.807) is 12.3 Å². The zero-order valence-corrected chi connectivity index (χ0v) is 10.0. The molecule has 3 rings (SSSR count). The van der Waals surface area contributed by atoms with Gasteiger partial charge in [-0.15, -0.1) is 0 Å². The van der Waals surface area contributed by atoms with Crippen LogP contribution >= 0.6 is 11.6 Å². The van der Waals surface area contributed by atoms with Crippen LogP contribution in [-0.2, 0) is 0 Å². The van der Waals surface area contributed by atoms with Crippen molar-refractivity contribution < 1.29 is 4.74 Å². The van der Waals surface area contributed by atoms with E-state index in [1.165, 1.54) is 12.8 Å². The highest BCUT2D eigenvalue weighted by Gasteiger charge is 2.50. The van der Waals surface area contributed by atoms with E-state index in [-0.39, 0.29) is 0 Å². The number of aromatic nitrogens is 1. The maximum Gasteiger partial charge on any atom is 0.137 e. The molecule has 1 saturated carbocycles. The highest BCUT2D eigenvalue weighted by molar-refractivity contribution is 6.29. The van der Waals surface area contributed by atoms with Crippen LogP contribution in [0.4, 0.5) is 0 Å². The molecule has 2 heterocycles. The van der Waals surface area contributed by atoms with Gasteiger partial charge in [0.15, 0.2) is 0 Å². The molecule has 86 valence electrons. The summed E-state index contributed by atoms with van der Waals surface area (Å²) >= 11 is 5.71. The minimum Gasteiger partial charge on any atom is -0.490 e. The van der Waals surface area contributed by atoms with E-state index in [2.05, 4.69) is 16.9 Å². The quantitative estimate of drug-likeness (QED) is 0.755. The van der Waals surface area contributed by atoms with Crippen molar-refractivity contribution in [2.75, 3.05) is 13.7 Å². The number of likely N-dealkylation sites (N-methyl/N-ethyl adjacent to an activating group) is 1. The van der Waals surface area contributed by atoms with Crippen molar-refractivity contribution >= 4 is 11.6 Å². The third-order valence-corrected chi connectivity index (χ3v) is 3.93. The van der Waals surface area contributed by atoms with Crippen molar-refractivity contribution in [2.24, 2.45) is 5.92 Å². The Labute approximate surface area is 100 Å². The maximum absolute atomic E-state index is 5.72. The molecule has 2 fully saturated rings. The zero-order chi connectivity index (χ0) is 11.1. The van der Waals surface area contributed by atoms with Gasteiger partial charge in [-0.25, -0.2) is 4.98 Å². The lowest BCUT2D eigenvalue weighted by Gasteiger charge is -2.22. The normalized spacial score (nSPS) is 32.5. The standard InChI is InChI=1S/C12H15ClN2O/c1-15-9(4-8-5-11(8)15)7-16-10-2-3-12(13)14-6-10/h2-3,6,8-9,11H,4-5,7H2,1H3/t8-,9-,11+/m0/s1. The number of halogens is 1. The summed E-state index contributed by atoms with van der Waals surface area (Å²) in [5.41, 5.74) is 0. The number of rotatable bonds is 3. The van der Waals surface area contributed by atoms with Crippen LogP contribution in [0.25, 0.3) is 0 Å². The van der Waals surface area contributed by atoms with Crippen LogP contribution in [-0.4, -0.2) is 35.6 Å². The molecule has 4 heteroatoms. The van der Waals surface area contributed by atoms with E-state index in [4.69, 9.17) is 16.3 Å². The minimum atomic E-state index is 0.506. The van der Waals surface area contributed by atoms with Gasteiger partial charge < -0.3 is 4.74 Å². The Bertz CT molecular complexity index is 381. The molecule has 1 aromatic rings. The monoisotopic (exact) mass is 238 g/mol. The van der Waals surface area contributed by atoms with E-state index in [0.717, 1.165) is 24.3 Å². The lowest BCUT2D eigenvalue weighted by atomic mass is 10.2. The van der Waals surface area contributed by atoms with E-state index in [0.29, 0.717) is 11.2 Å². The Morgan fingerprint density at radius 2 is 2.38 bits per heavy atom. The van der Waals surface area contributed by atoms with Gasteiger partial charge in [-0.3, -0.25) is 4.90 Å². The second-order valence-electron chi connectivity index (χ2n) is 4.75. The molecule has 3 nitrogen and oxygen atoms in total. The lowest BCUT2D eigenvalue weighted by molar-refractivity contribution is 0.176. The SMILES string of the molecule is CN1[C@H](COc2ccc(Cl)nc2)C[C@H]2C[C@H]21. The van der Waals surface area contributed by atoms with Gasteiger partial charge in [-0.05, 0) is 37.9 Å².